The fourth-order valence-electron chi connectivity index (χ4n) is 1.55. The van der Waals surface area contributed by atoms with E-state index < -0.39 is 0 Å². The van der Waals surface area contributed by atoms with Gasteiger partial charge in [-0.25, -0.2) is 0 Å². The van der Waals surface area contributed by atoms with E-state index >= 15 is 0 Å². The lowest BCUT2D eigenvalue weighted by Gasteiger charge is -2.08. The van der Waals surface area contributed by atoms with Crippen molar-refractivity contribution in [1.82, 2.24) is 5.32 Å². The third-order valence-corrected chi connectivity index (χ3v) is 2.31. The summed E-state index contributed by atoms with van der Waals surface area (Å²) in [5.74, 6) is 0.112. The monoisotopic (exact) mass is 197 g/mol. The minimum Gasteiger partial charge on any atom is -0.378 e. The van der Waals surface area contributed by atoms with Crippen LogP contribution in [0.15, 0.2) is 12.2 Å². The molecule has 0 bridgehead atoms. The topological polar surface area (TPSA) is 38.3 Å². The van der Waals surface area contributed by atoms with Gasteiger partial charge in [-0.05, 0) is 26.2 Å². The summed E-state index contributed by atoms with van der Waals surface area (Å²) < 4.78 is 5.38. The predicted octanol–water partition coefficient (Wildman–Crippen LogP) is 1.64. The summed E-state index contributed by atoms with van der Waals surface area (Å²) in [5, 5.41) is 2.87. The molecule has 0 aromatic rings. The number of rotatable bonds is 5. The summed E-state index contributed by atoms with van der Waals surface area (Å²) in [5.41, 5.74) is 0. The van der Waals surface area contributed by atoms with E-state index in [1.165, 1.54) is 0 Å². The maximum Gasteiger partial charge on any atom is 0.222 e. The van der Waals surface area contributed by atoms with Gasteiger partial charge in [-0.3, -0.25) is 4.79 Å². The van der Waals surface area contributed by atoms with Crippen molar-refractivity contribution in [3.05, 3.63) is 12.2 Å². The average molecular weight is 197 g/mol. The summed E-state index contributed by atoms with van der Waals surface area (Å²) in [4.78, 5) is 11.3. The van der Waals surface area contributed by atoms with Gasteiger partial charge in [-0.1, -0.05) is 12.2 Å². The van der Waals surface area contributed by atoms with Crippen LogP contribution in [-0.4, -0.2) is 25.2 Å². The maximum atomic E-state index is 11.3. The van der Waals surface area contributed by atoms with Crippen LogP contribution in [-0.2, 0) is 9.53 Å². The average Bonchev–Trinajstić information content (AvgIpc) is 2.65. The Labute approximate surface area is 85.5 Å². The van der Waals surface area contributed by atoms with Crippen LogP contribution in [0.3, 0.4) is 0 Å². The lowest BCUT2D eigenvalue weighted by molar-refractivity contribution is -0.123. The zero-order valence-electron chi connectivity index (χ0n) is 8.79. The fourth-order valence-corrected chi connectivity index (χ4v) is 1.55. The van der Waals surface area contributed by atoms with E-state index in [0.29, 0.717) is 6.42 Å². The highest BCUT2D eigenvalue weighted by Crippen LogP contribution is 2.14. The van der Waals surface area contributed by atoms with E-state index in [1.807, 2.05) is 19.1 Å². The Hall–Kier alpha value is -0.830. The van der Waals surface area contributed by atoms with Crippen LogP contribution < -0.4 is 5.32 Å². The molecule has 1 heterocycles. The second kappa shape index (κ2) is 6.60. The van der Waals surface area contributed by atoms with Gasteiger partial charge in [0.05, 0.1) is 12.5 Å². The van der Waals surface area contributed by atoms with Crippen molar-refractivity contribution in [1.29, 1.82) is 0 Å². The van der Waals surface area contributed by atoms with Crippen LogP contribution in [0.5, 0.6) is 0 Å². The molecule has 1 N–H and O–H groups in total. The first kappa shape index (κ1) is 11.2. The van der Waals surface area contributed by atoms with Gasteiger partial charge in [-0.2, -0.15) is 0 Å². The zero-order chi connectivity index (χ0) is 10.2. The minimum atomic E-state index is 0.112. The van der Waals surface area contributed by atoms with E-state index in [1.54, 1.807) is 0 Å². The van der Waals surface area contributed by atoms with Crippen LogP contribution in [0.4, 0.5) is 0 Å². The Morgan fingerprint density at radius 1 is 1.64 bits per heavy atom. The number of amides is 1. The molecule has 80 valence electrons. The normalized spacial score (nSPS) is 21.6. The van der Waals surface area contributed by atoms with Gasteiger partial charge in [0.1, 0.15) is 0 Å². The van der Waals surface area contributed by atoms with Crippen molar-refractivity contribution < 1.29 is 9.53 Å². The summed E-state index contributed by atoms with van der Waals surface area (Å²) in [7, 11) is 0. The molecule has 1 unspecified atom stereocenters. The van der Waals surface area contributed by atoms with E-state index in [-0.39, 0.29) is 12.0 Å². The number of hydrogen-bond acceptors (Lipinski definition) is 2. The highest BCUT2D eigenvalue weighted by molar-refractivity contribution is 5.76. The molecule has 1 saturated heterocycles. The number of hydrogen-bond donors (Lipinski definition) is 1. The molecule has 1 aliphatic heterocycles. The number of carbonyl (C=O) groups excluding carboxylic acids is 1. The molecule has 14 heavy (non-hydrogen) atoms. The molecule has 0 aromatic heterocycles. The van der Waals surface area contributed by atoms with Gasteiger partial charge in [-0.15, -0.1) is 0 Å². The third kappa shape index (κ3) is 4.42. The first-order valence-corrected chi connectivity index (χ1v) is 5.32. The van der Waals surface area contributed by atoms with Gasteiger partial charge in [0.15, 0.2) is 0 Å². The molecule has 0 saturated carbocycles. The summed E-state index contributed by atoms with van der Waals surface area (Å²) in [6, 6.07) is 0. The standard InChI is InChI=1S/C11H19NO2/c1-2-3-4-7-12-11(13)9-10-6-5-8-14-10/h2-3,10H,4-9H2,1H3,(H,12,13)/b3-2+. The lowest BCUT2D eigenvalue weighted by atomic mass is 10.2. The molecule has 3 heteroatoms. The highest BCUT2D eigenvalue weighted by atomic mass is 16.5. The second-order valence-corrected chi connectivity index (χ2v) is 3.55. The number of ether oxygens (including phenoxy) is 1. The van der Waals surface area contributed by atoms with E-state index in [4.69, 9.17) is 4.74 Å². The Kier molecular flexibility index (Phi) is 5.30. The molecule has 0 aliphatic carbocycles. The Morgan fingerprint density at radius 3 is 3.14 bits per heavy atom. The summed E-state index contributed by atoms with van der Waals surface area (Å²) in [6.45, 7) is 3.53. The van der Waals surface area contributed by atoms with E-state index in [0.717, 1.165) is 32.4 Å². The van der Waals surface area contributed by atoms with Crippen molar-refractivity contribution in [3.8, 4) is 0 Å². The highest BCUT2D eigenvalue weighted by Gasteiger charge is 2.18. The van der Waals surface area contributed by atoms with Crippen LogP contribution in [0.25, 0.3) is 0 Å². The molecular weight excluding hydrogens is 178 g/mol. The molecular formula is C11H19NO2. The van der Waals surface area contributed by atoms with Crippen LogP contribution in [0, 0.1) is 0 Å². The van der Waals surface area contributed by atoms with Gasteiger partial charge in [0.25, 0.3) is 0 Å². The van der Waals surface area contributed by atoms with Crippen molar-refractivity contribution in [2.75, 3.05) is 13.2 Å². The molecule has 1 amide bonds. The van der Waals surface area contributed by atoms with Crippen molar-refractivity contribution in [2.45, 2.75) is 38.7 Å². The summed E-state index contributed by atoms with van der Waals surface area (Å²) in [6.07, 6.45) is 7.76. The first-order valence-electron chi connectivity index (χ1n) is 5.32. The van der Waals surface area contributed by atoms with E-state index in [9.17, 15) is 4.79 Å². The molecule has 1 aliphatic rings. The second-order valence-electron chi connectivity index (χ2n) is 3.55. The molecule has 1 fully saturated rings. The quantitative estimate of drug-likeness (QED) is 0.537. The van der Waals surface area contributed by atoms with Gasteiger partial charge in [0.2, 0.25) is 5.91 Å². The maximum absolute atomic E-state index is 11.3. The summed E-state index contributed by atoms with van der Waals surface area (Å²) >= 11 is 0. The fraction of sp³-hybridized carbons (Fsp3) is 0.727. The van der Waals surface area contributed by atoms with Gasteiger partial charge in [0, 0.05) is 13.2 Å². The first-order chi connectivity index (χ1) is 6.83. The smallest absolute Gasteiger partial charge is 0.222 e. The van der Waals surface area contributed by atoms with Crippen LogP contribution >= 0.6 is 0 Å². The molecule has 1 rings (SSSR count). The minimum absolute atomic E-state index is 0.112. The lowest BCUT2D eigenvalue weighted by Crippen LogP contribution is -2.27. The van der Waals surface area contributed by atoms with Crippen molar-refractivity contribution in [3.63, 3.8) is 0 Å². The predicted molar refractivity (Wildman–Crippen MR) is 56.0 cm³/mol. The van der Waals surface area contributed by atoms with Crippen LogP contribution in [0.2, 0.25) is 0 Å². The number of nitrogens with one attached hydrogen (secondary N) is 1. The van der Waals surface area contributed by atoms with Crippen molar-refractivity contribution >= 4 is 5.91 Å². The molecule has 3 nitrogen and oxygen atoms in total. The van der Waals surface area contributed by atoms with Crippen LogP contribution in [0.1, 0.15) is 32.6 Å². The van der Waals surface area contributed by atoms with E-state index in [2.05, 4.69) is 5.32 Å². The largest absolute Gasteiger partial charge is 0.378 e. The van der Waals surface area contributed by atoms with Gasteiger partial charge >= 0.3 is 0 Å². The Balaban J connectivity index is 2.03. The molecule has 1 atom stereocenters. The van der Waals surface area contributed by atoms with Crippen molar-refractivity contribution in [2.24, 2.45) is 0 Å². The third-order valence-electron chi connectivity index (χ3n) is 2.31. The molecule has 0 spiro atoms. The molecule has 0 radical (unpaired) electrons. The molecule has 0 aromatic carbocycles. The SMILES string of the molecule is C/C=C/CCNC(=O)CC1CCCO1. The Morgan fingerprint density at radius 2 is 2.50 bits per heavy atom. The zero-order valence-corrected chi connectivity index (χ0v) is 8.79. The van der Waals surface area contributed by atoms with Gasteiger partial charge < -0.3 is 10.1 Å². The number of allylic oxidation sites excluding steroid dienone is 1. The Bertz CT molecular complexity index is 195. The number of carbonyl (C=O) groups is 1.